The zero-order chi connectivity index (χ0) is 16.2. The molecule has 1 amide bonds. The van der Waals surface area contributed by atoms with Crippen molar-refractivity contribution in [2.75, 3.05) is 25.0 Å². The van der Waals surface area contributed by atoms with Crippen LogP contribution in [0.5, 0.6) is 5.75 Å². The largest absolute Gasteiger partial charge is 0.573 e. The average molecular weight is 316 g/mol. The number of carbonyl (C=O) groups is 1. The Morgan fingerprint density at radius 3 is 2.64 bits per heavy atom. The third-order valence-corrected chi connectivity index (χ3v) is 3.48. The van der Waals surface area contributed by atoms with Gasteiger partial charge in [-0.1, -0.05) is 6.92 Å². The number of piperidine rings is 1. The third-order valence-electron chi connectivity index (χ3n) is 3.48. The lowest BCUT2D eigenvalue weighted by molar-refractivity contribution is -0.274. The van der Waals surface area contributed by atoms with E-state index >= 15 is 0 Å². The highest BCUT2D eigenvalue weighted by Crippen LogP contribution is 2.24. The highest BCUT2D eigenvalue weighted by Gasteiger charge is 2.31. The normalized spacial score (nSPS) is 19.7. The van der Waals surface area contributed by atoms with E-state index in [9.17, 15) is 18.0 Å². The smallest absolute Gasteiger partial charge is 0.406 e. The Kier molecular flexibility index (Phi) is 5.28. The molecule has 1 atom stereocenters. The van der Waals surface area contributed by atoms with Gasteiger partial charge in [0.15, 0.2) is 0 Å². The van der Waals surface area contributed by atoms with Gasteiger partial charge in [0, 0.05) is 12.2 Å². The van der Waals surface area contributed by atoms with Gasteiger partial charge >= 0.3 is 6.36 Å². The summed E-state index contributed by atoms with van der Waals surface area (Å²) in [5, 5.41) is 2.68. The van der Waals surface area contributed by atoms with E-state index in [2.05, 4.69) is 21.9 Å². The predicted octanol–water partition coefficient (Wildman–Crippen LogP) is 3.26. The fraction of sp³-hybridized carbons (Fsp3) is 0.533. The van der Waals surface area contributed by atoms with E-state index in [1.165, 1.54) is 30.7 Å². The van der Waals surface area contributed by atoms with Crippen LogP contribution in [0.25, 0.3) is 0 Å². The molecule has 1 aromatic rings. The van der Waals surface area contributed by atoms with Gasteiger partial charge in [-0.15, -0.1) is 13.2 Å². The molecule has 0 aliphatic carbocycles. The summed E-state index contributed by atoms with van der Waals surface area (Å²) in [6.07, 6.45) is -2.45. The first kappa shape index (κ1) is 16.6. The number of ether oxygens (including phenoxy) is 1. The molecule has 1 aliphatic rings. The molecule has 1 N–H and O–H groups in total. The number of hydrogen-bond acceptors (Lipinski definition) is 3. The van der Waals surface area contributed by atoms with Gasteiger partial charge in [0.1, 0.15) is 5.75 Å². The van der Waals surface area contributed by atoms with Gasteiger partial charge in [0.2, 0.25) is 5.91 Å². The van der Waals surface area contributed by atoms with Crippen LogP contribution in [0.15, 0.2) is 24.3 Å². The molecular weight excluding hydrogens is 297 g/mol. The molecule has 22 heavy (non-hydrogen) atoms. The number of nitrogens with one attached hydrogen (secondary N) is 1. The number of hydrogen-bond donors (Lipinski definition) is 1. The molecule has 0 spiro atoms. The van der Waals surface area contributed by atoms with Crippen LogP contribution in [0.2, 0.25) is 0 Å². The van der Waals surface area contributed by atoms with E-state index in [1.54, 1.807) is 0 Å². The molecule has 1 heterocycles. The molecule has 0 saturated carbocycles. The number of amides is 1. The van der Waals surface area contributed by atoms with E-state index in [4.69, 9.17) is 0 Å². The first-order chi connectivity index (χ1) is 10.3. The van der Waals surface area contributed by atoms with Crippen molar-refractivity contribution in [1.29, 1.82) is 0 Å². The standard InChI is InChI=1S/C15H19F3N2O2/c1-11-3-2-8-20(9-11)10-14(21)19-12-4-6-13(7-5-12)22-15(16,17)18/h4-7,11H,2-3,8-10H2,1H3,(H,19,21). The maximum atomic E-state index is 12.0. The molecule has 1 aromatic carbocycles. The van der Waals surface area contributed by atoms with Crippen molar-refractivity contribution in [3.8, 4) is 5.75 Å². The second-order valence-corrected chi connectivity index (χ2v) is 5.60. The third kappa shape index (κ3) is 5.55. The fourth-order valence-electron chi connectivity index (χ4n) is 2.57. The van der Waals surface area contributed by atoms with E-state index < -0.39 is 6.36 Å². The zero-order valence-electron chi connectivity index (χ0n) is 12.3. The van der Waals surface area contributed by atoms with Crippen molar-refractivity contribution < 1.29 is 22.7 Å². The first-order valence-corrected chi connectivity index (χ1v) is 7.20. The summed E-state index contributed by atoms with van der Waals surface area (Å²) in [6, 6.07) is 5.12. The summed E-state index contributed by atoms with van der Waals surface area (Å²) in [6.45, 7) is 4.25. The minimum atomic E-state index is -4.71. The Hall–Kier alpha value is -1.76. The molecule has 1 saturated heterocycles. The molecule has 0 radical (unpaired) electrons. The van der Waals surface area contributed by atoms with Crippen LogP contribution < -0.4 is 10.1 Å². The predicted molar refractivity (Wildman–Crippen MR) is 76.6 cm³/mol. The van der Waals surface area contributed by atoms with Crippen LogP contribution in [0.4, 0.5) is 18.9 Å². The second kappa shape index (κ2) is 7.00. The van der Waals surface area contributed by atoms with Crippen LogP contribution in [-0.4, -0.2) is 36.8 Å². The molecule has 0 bridgehead atoms. The van der Waals surface area contributed by atoms with Gasteiger partial charge in [-0.3, -0.25) is 9.69 Å². The van der Waals surface area contributed by atoms with Crippen molar-refractivity contribution >= 4 is 11.6 Å². The van der Waals surface area contributed by atoms with E-state index in [0.29, 0.717) is 18.2 Å². The SMILES string of the molecule is CC1CCCN(CC(=O)Nc2ccc(OC(F)(F)F)cc2)C1. The monoisotopic (exact) mass is 316 g/mol. The fourth-order valence-corrected chi connectivity index (χ4v) is 2.57. The van der Waals surface area contributed by atoms with E-state index in [0.717, 1.165) is 19.5 Å². The number of likely N-dealkylation sites (tertiary alicyclic amines) is 1. The molecule has 4 nitrogen and oxygen atoms in total. The van der Waals surface area contributed by atoms with Crippen LogP contribution in [-0.2, 0) is 4.79 Å². The summed E-state index contributed by atoms with van der Waals surface area (Å²) in [7, 11) is 0. The van der Waals surface area contributed by atoms with Crippen LogP contribution in [0.1, 0.15) is 19.8 Å². The molecule has 7 heteroatoms. The summed E-state index contributed by atoms with van der Waals surface area (Å²) < 4.78 is 39.9. The number of nitrogens with zero attached hydrogens (tertiary/aromatic N) is 1. The quantitative estimate of drug-likeness (QED) is 0.927. The van der Waals surface area contributed by atoms with Gasteiger partial charge in [-0.25, -0.2) is 0 Å². The second-order valence-electron chi connectivity index (χ2n) is 5.60. The van der Waals surface area contributed by atoms with Crippen LogP contribution in [0, 0.1) is 5.92 Å². The molecule has 1 aliphatic heterocycles. The van der Waals surface area contributed by atoms with Gasteiger partial charge < -0.3 is 10.1 Å². The Morgan fingerprint density at radius 2 is 2.05 bits per heavy atom. The van der Waals surface area contributed by atoms with Crippen molar-refractivity contribution in [2.45, 2.75) is 26.1 Å². The van der Waals surface area contributed by atoms with Crippen molar-refractivity contribution in [2.24, 2.45) is 5.92 Å². The lowest BCUT2D eigenvalue weighted by atomic mass is 10.0. The summed E-state index contributed by atoms with van der Waals surface area (Å²) in [5.41, 5.74) is 0.449. The maximum absolute atomic E-state index is 12.0. The topological polar surface area (TPSA) is 41.6 Å². The lowest BCUT2D eigenvalue weighted by Crippen LogP contribution is -2.39. The van der Waals surface area contributed by atoms with Gasteiger partial charge in [0.05, 0.1) is 6.54 Å². The number of carbonyl (C=O) groups excluding carboxylic acids is 1. The van der Waals surface area contributed by atoms with Crippen molar-refractivity contribution in [3.63, 3.8) is 0 Å². The van der Waals surface area contributed by atoms with E-state index in [1.807, 2.05) is 0 Å². The Bertz CT molecular complexity index is 503. The van der Waals surface area contributed by atoms with Gasteiger partial charge in [-0.2, -0.15) is 0 Å². The Labute approximate surface area is 127 Å². The lowest BCUT2D eigenvalue weighted by Gasteiger charge is -2.30. The average Bonchev–Trinajstić information content (AvgIpc) is 2.39. The molecule has 122 valence electrons. The number of rotatable bonds is 4. The first-order valence-electron chi connectivity index (χ1n) is 7.20. The van der Waals surface area contributed by atoms with Crippen LogP contribution in [0.3, 0.4) is 0 Å². The zero-order valence-corrected chi connectivity index (χ0v) is 12.3. The molecular formula is C15H19F3N2O2. The summed E-state index contributed by atoms with van der Waals surface area (Å²) in [4.78, 5) is 14.0. The Morgan fingerprint density at radius 1 is 1.36 bits per heavy atom. The highest BCUT2D eigenvalue weighted by molar-refractivity contribution is 5.92. The Balaban J connectivity index is 1.83. The van der Waals surface area contributed by atoms with Crippen molar-refractivity contribution in [3.05, 3.63) is 24.3 Å². The summed E-state index contributed by atoms with van der Waals surface area (Å²) >= 11 is 0. The molecule has 1 fully saturated rings. The summed E-state index contributed by atoms with van der Waals surface area (Å²) in [5.74, 6) is 0.106. The molecule has 1 unspecified atom stereocenters. The number of benzene rings is 1. The minimum Gasteiger partial charge on any atom is -0.406 e. The van der Waals surface area contributed by atoms with Crippen LogP contribution >= 0.6 is 0 Å². The number of halogens is 3. The molecule has 0 aromatic heterocycles. The van der Waals surface area contributed by atoms with Gasteiger partial charge in [-0.05, 0) is 49.6 Å². The van der Waals surface area contributed by atoms with Gasteiger partial charge in [0.25, 0.3) is 0 Å². The number of anilines is 1. The van der Waals surface area contributed by atoms with Crippen molar-refractivity contribution in [1.82, 2.24) is 4.90 Å². The highest BCUT2D eigenvalue weighted by atomic mass is 19.4. The number of alkyl halides is 3. The maximum Gasteiger partial charge on any atom is 0.573 e. The molecule has 2 rings (SSSR count). The minimum absolute atomic E-state index is 0.168. The van der Waals surface area contributed by atoms with E-state index in [-0.39, 0.29) is 11.7 Å².